The monoisotopic (exact) mass is 449 g/mol. The number of anilines is 1. The third kappa shape index (κ3) is 4.58. The van der Waals surface area contributed by atoms with Crippen LogP contribution in [-0.2, 0) is 14.8 Å². The first kappa shape index (κ1) is 22.5. The summed E-state index contributed by atoms with van der Waals surface area (Å²) < 4.78 is 27.5. The van der Waals surface area contributed by atoms with Crippen molar-refractivity contribution < 1.29 is 18.0 Å². The van der Waals surface area contributed by atoms with Crippen LogP contribution in [0.4, 0.5) is 5.69 Å². The maximum atomic E-state index is 13.0. The number of thiophene rings is 1. The highest BCUT2D eigenvalue weighted by atomic mass is 32.2. The van der Waals surface area contributed by atoms with Crippen molar-refractivity contribution in [2.75, 3.05) is 32.5 Å². The molecule has 2 aromatic rings. The molecule has 7 nitrogen and oxygen atoms in total. The van der Waals surface area contributed by atoms with Gasteiger partial charge in [0.2, 0.25) is 5.91 Å². The van der Waals surface area contributed by atoms with Gasteiger partial charge >= 0.3 is 0 Å². The largest absolute Gasteiger partial charge is 0.345 e. The van der Waals surface area contributed by atoms with Gasteiger partial charge in [0.1, 0.15) is 4.21 Å². The smallest absolute Gasteiger partial charge is 0.254 e. The van der Waals surface area contributed by atoms with E-state index in [9.17, 15) is 18.0 Å². The van der Waals surface area contributed by atoms with Gasteiger partial charge in [-0.25, -0.2) is 8.42 Å². The van der Waals surface area contributed by atoms with E-state index in [0.29, 0.717) is 18.4 Å². The van der Waals surface area contributed by atoms with Gasteiger partial charge in [-0.1, -0.05) is 12.1 Å². The van der Waals surface area contributed by atoms with Crippen LogP contribution in [0.2, 0.25) is 0 Å². The third-order valence-electron chi connectivity index (χ3n) is 5.51. The molecule has 1 aliphatic rings. The van der Waals surface area contributed by atoms with Crippen molar-refractivity contribution in [3.63, 3.8) is 0 Å². The molecule has 1 fully saturated rings. The van der Waals surface area contributed by atoms with Crippen LogP contribution in [0.1, 0.15) is 34.3 Å². The van der Waals surface area contributed by atoms with Gasteiger partial charge in [0.15, 0.2) is 0 Å². The molecule has 1 saturated heterocycles. The van der Waals surface area contributed by atoms with E-state index in [0.717, 1.165) is 28.2 Å². The molecule has 1 N–H and O–H groups in total. The zero-order valence-electron chi connectivity index (χ0n) is 17.6. The van der Waals surface area contributed by atoms with Crippen LogP contribution >= 0.6 is 11.3 Å². The van der Waals surface area contributed by atoms with E-state index in [-0.39, 0.29) is 35.0 Å². The SMILES string of the molecule is Cc1cccc(NC(=O)C2CCN(S(=O)(=O)c3cc(C(=O)N(C)C)cs3)CC2)c1C. The lowest BCUT2D eigenvalue weighted by Gasteiger charge is -2.30. The van der Waals surface area contributed by atoms with E-state index in [1.54, 1.807) is 19.5 Å². The number of carbonyl (C=O) groups excluding carboxylic acids is 2. The fourth-order valence-corrected chi connectivity index (χ4v) is 6.20. The summed E-state index contributed by atoms with van der Waals surface area (Å²) in [6.07, 6.45) is 0.926. The van der Waals surface area contributed by atoms with Crippen LogP contribution in [0.3, 0.4) is 0 Å². The zero-order valence-corrected chi connectivity index (χ0v) is 19.3. The van der Waals surface area contributed by atoms with Crippen LogP contribution in [0, 0.1) is 19.8 Å². The summed E-state index contributed by atoms with van der Waals surface area (Å²) in [5.74, 6) is -0.532. The maximum Gasteiger partial charge on any atom is 0.254 e. The quantitative estimate of drug-likeness (QED) is 0.760. The minimum Gasteiger partial charge on any atom is -0.345 e. The zero-order chi connectivity index (χ0) is 22.1. The fraction of sp³-hybridized carbons (Fsp3) is 0.429. The molecule has 2 heterocycles. The average molecular weight is 450 g/mol. The van der Waals surface area contributed by atoms with Crippen LogP contribution in [0.15, 0.2) is 33.9 Å². The lowest BCUT2D eigenvalue weighted by atomic mass is 9.97. The molecule has 162 valence electrons. The number of nitrogens with one attached hydrogen (secondary N) is 1. The predicted molar refractivity (Wildman–Crippen MR) is 118 cm³/mol. The van der Waals surface area contributed by atoms with E-state index in [4.69, 9.17) is 0 Å². The molecule has 0 radical (unpaired) electrons. The van der Waals surface area contributed by atoms with Crippen LogP contribution < -0.4 is 5.32 Å². The molecule has 0 aliphatic carbocycles. The Bertz CT molecular complexity index is 1050. The van der Waals surface area contributed by atoms with E-state index < -0.39 is 10.0 Å². The number of rotatable bonds is 5. The van der Waals surface area contributed by atoms with Crippen molar-refractivity contribution in [1.82, 2.24) is 9.21 Å². The minimum atomic E-state index is -3.67. The topological polar surface area (TPSA) is 86.8 Å². The van der Waals surface area contributed by atoms with Gasteiger partial charge < -0.3 is 10.2 Å². The second kappa shape index (κ2) is 8.87. The van der Waals surface area contributed by atoms with Crippen molar-refractivity contribution >= 4 is 38.9 Å². The number of carbonyl (C=O) groups is 2. The Hall–Kier alpha value is -2.23. The van der Waals surface area contributed by atoms with Gasteiger partial charge in [-0.2, -0.15) is 4.31 Å². The Morgan fingerprint density at radius 1 is 1.17 bits per heavy atom. The third-order valence-corrected chi connectivity index (χ3v) is 8.82. The highest BCUT2D eigenvalue weighted by molar-refractivity contribution is 7.91. The lowest BCUT2D eigenvalue weighted by Crippen LogP contribution is -2.41. The number of nitrogens with zero attached hydrogens (tertiary/aromatic N) is 2. The highest BCUT2D eigenvalue weighted by Crippen LogP contribution is 2.29. The van der Waals surface area contributed by atoms with Gasteiger partial charge in [0, 0.05) is 44.2 Å². The first-order valence-corrected chi connectivity index (χ1v) is 12.1. The van der Waals surface area contributed by atoms with Crippen molar-refractivity contribution in [3.05, 3.63) is 46.3 Å². The number of hydrogen-bond acceptors (Lipinski definition) is 5. The molecule has 1 aromatic carbocycles. The maximum absolute atomic E-state index is 13.0. The number of piperidine rings is 1. The minimum absolute atomic E-state index is 0.0734. The van der Waals surface area contributed by atoms with E-state index >= 15 is 0 Å². The first-order chi connectivity index (χ1) is 14.1. The van der Waals surface area contributed by atoms with Crippen molar-refractivity contribution in [1.29, 1.82) is 0 Å². The standard InChI is InChI=1S/C21H27N3O4S2/c1-14-6-5-7-18(15(14)2)22-20(25)16-8-10-24(11-9-16)30(27,28)19-12-17(13-29-19)21(26)23(3)4/h5-7,12-13,16H,8-11H2,1-4H3,(H,22,25). The Balaban J connectivity index is 1.64. The molecule has 3 rings (SSSR count). The summed E-state index contributed by atoms with van der Waals surface area (Å²) in [5.41, 5.74) is 3.31. The molecule has 9 heteroatoms. The number of sulfonamides is 1. The first-order valence-electron chi connectivity index (χ1n) is 9.78. The summed E-state index contributed by atoms with van der Waals surface area (Å²) in [6.45, 7) is 4.52. The summed E-state index contributed by atoms with van der Waals surface area (Å²) in [7, 11) is -0.417. The molecular formula is C21H27N3O4S2. The summed E-state index contributed by atoms with van der Waals surface area (Å²) in [4.78, 5) is 26.1. The molecular weight excluding hydrogens is 422 g/mol. The Morgan fingerprint density at radius 3 is 2.47 bits per heavy atom. The summed E-state index contributed by atoms with van der Waals surface area (Å²) in [6, 6.07) is 7.21. The molecule has 1 aromatic heterocycles. The van der Waals surface area contributed by atoms with Gasteiger partial charge in [-0.15, -0.1) is 11.3 Å². The van der Waals surface area contributed by atoms with E-state index in [1.807, 2.05) is 32.0 Å². The van der Waals surface area contributed by atoms with Gasteiger partial charge in [-0.3, -0.25) is 9.59 Å². The van der Waals surface area contributed by atoms with Gasteiger partial charge in [0.25, 0.3) is 15.9 Å². The average Bonchev–Trinajstić information content (AvgIpc) is 3.22. The number of amides is 2. The molecule has 30 heavy (non-hydrogen) atoms. The predicted octanol–water partition coefficient (Wildman–Crippen LogP) is 3.11. The van der Waals surface area contributed by atoms with Crippen LogP contribution in [0.5, 0.6) is 0 Å². The molecule has 0 saturated carbocycles. The van der Waals surface area contributed by atoms with Crippen molar-refractivity contribution in [2.24, 2.45) is 5.92 Å². The molecule has 0 unspecified atom stereocenters. The molecule has 2 amide bonds. The molecule has 0 spiro atoms. The lowest BCUT2D eigenvalue weighted by molar-refractivity contribution is -0.120. The number of aryl methyl sites for hydroxylation is 1. The number of hydrogen-bond donors (Lipinski definition) is 1. The second-order valence-corrected chi connectivity index (χ2v) is 10.8. The van der Waals surface area contributed by atoms with E-state index in [1.165, 1.54) is 15.3 Å². The van der Waals surface area contributed by atoms with Gasteiger partial charge in [0.05, 0.1) is 5.56 Å². The normalized spacial score (nSPS) is 15.7. The van der Waals surface area contributed by atoms with Crippen molar-refractivity contribution in [2.45, 2.75) is 30.9 Å². The fourth-order valence-electron chi connectivity index (χ4n) is 3.43. The second-order valence-electron chi connectivity index (χ2n) is 7.77. The van der Waals surface area contributed by atoms with Crippen LogP contribution in [0.25, 0.3) is 0 Å². The molecule has 1 aliphatic heterocycles. The van der Waals surface area contributed by atoms with E-state index in [2.05, 4.69) is 5.32 Å². The highest BCUT2D eigenvalue weighted by Gasteiger charge is 2.33. The molecule has 0 atom stereocenters. The summed E-state index contributed by atoms with van der Waals surface area (Å²) >= 11 is 1.05. The Kier molecular flexibility index (Phi) is 6.64. The van der Waals surface area contributed by atoms with Crippen LogP contribution in [-0.4, -0.2) is 56.6 Å². The Morgan fingerprint density at radius 2 is 1.83 bits per heavy atom. The summed E-state index contributed by atoms with van der Waals surface area (Å²) in [5, 5.41) is 4.55. The van der Waals surface area contributed by atoms with Gasteiger partial charge in [-0.05, 0) is 49.9 Å². The number of benzene rings is 1. The molecule has 0 bridgehead atoms. The van der Waals surface area contributed by atoms with Crippen molar-refractivity contribution in [3.8, 4) is 0 Å². The Labute approximate surface area is 181 Å².